The van der Waals surface area contributed by atoms with Gasteiger partial charge in [0.25, 0.3) is 0 Å². The summed E-state index contributed by atoms with van der Waals surface area (Å²) < 4.78 is 0. The van der Waals surface area contributed by atoms with E-state index in [9.17, 15) is 4.79 Å². The molecule has 106 valence electrons. The molecule has 0 fully saturated rings. The van der Waals surface area contributed by atoms with Crippen LogP contribution in [0.4, 0.5) is 4.79 Å². The molecule has 1 aromatic heterocycles. The minimum absolute atomic E-state index is 0.187. The third-order valence-corrected chi connectivity index (χ3v) is 2.29. The van der Waals surface area contributed by atoms with Crippen LogP contribution in [0.15, 0.2) is 25.0 Å². The lowest BCUT2D eigenvalue weighted by molar-refractivity contribution is 0.237. The lowest BCUT2D eigenvalue weighted by atomic mass is 10.1. The Labute approximate surface area is 115 Å². The van der Waals surface area contributed by atoms with Crippen LogP contribution < -0.4 is 10.6 Å². The van der Waals surface area contributed by atoms with Crippen LogP contribution in [0.5, 0.6) is 0 Å². The number of nitrogens with zero attached hydrogens (tertiary/aromatic N) is 2. The average Bonchev–Trinajstić information content (AvgIpc) is 2.41. The number of rotatable bonds is 5. The fourth-order valence-electron chi connectivity index (χ4n) is 1.54. The number of amides is 2. The van der Waals surface area contributed by atoms with Crippen LogP contribution in [0, 0.1) is 6.92 Å². The fraction of sp³-hybridized carbons (Fsp3) is 0.500. The topological polar surface area (TPSA) is 66.9 Å². The predicted molar refractivity (Wildman–Crippen MR) is 77.9 cm³/mol. The maximum absolute atomic E-state index is 11.5. The van der Waals surface area contributed by atoms with Crippen molar-refractivity contribution in [2.45, 2.75) is 40.2 Å². The number of hydrogen-bond donors (Lipinski definition) is 2. The number of aromatic nitrogens is 2. The highest BCUT2D eigenvalue weighted by molar-refractivity contribution is 5.74. The Hall–Kier alpha value is -1.91. The summed E-state index contributed by atoms with van der Waals surface area (Å²) >= 11 is 0. The van der Waals surface area contributed by atoms with Crippen LogP contribution in [0.2, 0.25) is 0 Å². The molecule has 0 saturated heterocycles. The van der Waals surface area contributed by atoms with Gasteiger partial charge in [-0.3, -0.25) is 9.97 Å². The number of urea groups is 1. The Morgan fingerprint density at radius 2 is 2.05 bits per heavy atom. The summed E-state index contributed by atoms with van der Waals surface area (Å²) in [6.07, 6.45) is 5.63. The Kier molecular flexibility index (Phi) is 9.04. The van der Waals surface area contributed by atoms with Gasteiger partial charge in [-0.05, 0) is 20.3 Å². The van der Waals surface area contributed by atoms with Crippen LogP contribution in [-0.4, -0.2) is 22.5 Å². The molecule has 0 aromatic carbocycles. The minimum Gasteiger partial charge on any atom is -0.338 e. The lowest BCUT2D eigenvalue weighted by Gasteiger charge is -2.18. The number of carbonyl (C=O) groups is 1. The number of hydrogen-bond acceptors (Lipinski definition) is 3. The molecule has 1 heterocycles. The second-order valence-electron chi connectivity index (χ2n) is 3.61. The average molecular weight is 264 g/mol. The normalized spacial score (nSPS) is 10.7. The molecule has 2 amide bonds. The van der Waals surface area contributed by atoms with Crippen molar-refractivity contribution in [3.63, 3.8) is 0 Å². The number of aryl methyl sites for hydroxylation is 1. The molecule has 5 nitrogen and oxygen atoms in total. The summed E-state index contributed by atoms with van der Waals surface area (Å²) in [6, 6.07) is -0.392. The van der Waals surface area contributed by atoms with Gasteiger partial charge in [-0.25, -0.2) is 4.79 Å². The van der Waals surface area contributed by atoms with Gasteiger partial charge in [-0.15, -0.1) is 6.58 Å². The maximum atomic E-state index is 11.5. The van der Waals surface area contributed by atoms with Gasteiger partial charge in [-0.2, -0.15) is 0 Å². The predicted octanol–water partition coefficient (Wildman–Crippen LogP) is 2.75. The molecule has 1 aromatic rings. The van der Waals surface area contributed by atoms with Gasteiger partial charge in [-0.1, -0.05) is 19.9 Å². The molecule has 0 bridgehead atoms. The van der Waals surface area contributed by atoms with Crippen LogP contribution >= 0.6 is 0 Å². The molecule has 0 aliphatic rings. The van der Waals surface area contributed by atoms with Crippen molar-refractivity contribution in [3.05, 3.63) is 36.4 Å². The van der Waals surface area contributed by atoms with E-state index in [0.717, 1.165) is 11.4 Å². The first kappa shape index (κ1) is 17.1. The third-order valence-electron chi connectivity index (χ3n) is 2.29. The standard InChI is InChI=1S/C12H18N4O.C2H6/c1-4-6-10(16-12(17)13-5-2)11-9(3)14-7-8-15-11;1-2/h4,7-8,10H,1,5-6H2,2-3H3,(H2,13,16,17);1-2H3. The largest absolute Gasteiger partial charge is 0.338 e. The zero-order valence-electron chi connectivity index (χ0n) is 12.2. The summed E-state index contributed by atoms with van der Waals surface area (Å²) in [5.74, 6) is 0. The summed E-state index contributed by atoms with van der Waals surface area (Å²) in [6.45, 7) is 12.0. The second-order valence-corrected chi connectivity index (χ2v) is 3.61. The summed E-state index contributed by atoms with van der Waals surface area (Å²) in [4.78, 5) is 19.9. The summed E-state index contributed by atoms with van der Waals surface area (Å²) in [5, 5.41) is 5.54. The van der Waals surface area contributed by atoms with Crippen molar-refractivity contribution in [3.8, 4) is 0 Å². The van der Waals surface area contributed by atoms with Gasteiger partial charge in [0, 0.05) is 18.9 Å². The monoisotopic (exact) mass is 264 g/mol. The molecule has 19 heavy (non-hydrogen) atoms. The van der Waals surface area contributed by atoms with Gasteiger partial charge >= 0.3 is 6.03 Å². The highest BCUT2D eigenvalue weighted by atomic mass is 16.2. The summed E-state index contributed by atoms with van der Waals surface area (Å²) in [7, 11) is 0. The first-order valence-electron chi connectivity index (χ1n) is 6.61. The quantitative estimate of drug-likeness (QED) is 0.804. The fourth-order valence-corrected chi connectivity index (χ4v) is 1.54. The first-order valence-corrected chi connectivity index (χ1v) is 6.61. The molecule has 1 unspecified atom stereocenters. The van der Waals surface area contributed by atoms with Crippen LogP contribution in [0.3, 0.4) is 0 Å². The maximum Gasteiger partial charge on any atom is 0.315 e. The smallest absolute Gasteiger partial charge is 0.315 e. The highest BCUT2D eigenvalue weighted by Crippen LogP contribution is 2.16. The molecule has 2 N–H and O–H groups in total. The van der Waals surface area contributed by atoms with Crippen LogP contribution in [0.1, 0.15) is 44.6 Å². The summed E-state index contributed by atoms with van der Waals surface area (Å²) in [5.41, 5.74) is 1.59. The minimum atomic E-state index is -0.204. The van der Waals surface area contributed by atoms with Gasteiger partial charge < -0.3 is 10.6 Å². The molecule has 5 heteroatoms. The Balaban J connectivity index is 0.00000154. The van der Waals surface area contributed by atoms with Crippen molar-refractivity contribution in [1.29, 1.82) is 0 Å². The van der Waals surface area contributed by atoms with E-state index in [1.807, 2.05) is 27.7 Å². The Bertz CT molecular complexity index is 393. The molecular weight excluding hydrogens is 240 g/mol. The molecule has 0 saturated carbocycles. The van der Waals surface area contributed by atoms with Crippen molar-refractivity contribution >= 4 is 6.03 Å². The van der Waals surface area contributed by atoms with E-state index in [1.165, 1.54) is 0 Å². The first-order chi connectivity index (χ1) is 9.19. The SMILES string of the molecule is C=CCC(NC(=O)NCC)c1nccnc1C.CC. The molecule has 0 radical (unpaired) electrons. The zero-order chi connectivity index (χ0) is 14.7. The van der Waals surface area contributed by atoms with Crippen molar-refractivity contribution in [1.82, 2.24) is 20.6 Å². The van der Waals surface area contributed by atoms with Crippen molar-refractivity contribution in [2.24, 2.45) is 0 Å². The van der Waals surface area contributed by atoms with E-state index < -0.39 is 0 Å². The zero-order valence-corrected chi connectivity index (χ0v) is 12.2. The van der Waals surface area contributed by atoms with Crippen LogP contribution in [-0.2, 0) is 0 Å². The molecular formula is C14H24N4O. The molecule has 0 aliphatic heterocycles. The van der Waals surface area contributed by atoms with Gasteiger partial charge in [0.1, 0.15) is 0 Å². The third kappa shape index (κ3) is 5.99. The van der Waals surface area contributed by atoms with E-state index >= 15 is 0 Å². The van der Waals surface area contributed by atoms with Gasteiger partial charge in [0.05, 0.1) is 17.4 Å². The molecule has 0 spiro atoms. The number of nitrogens with one attached hydrogen (secondary N) is 2. The Morgan fingerprint density at radius 3 is 2.58 bits per heavy atom. The highest BCUT2D eigenvalue weighted by Gasteiger charge is 2.16. The Morgan fingerprint density at radius 1 is 1.42 bits per heavy atom. The van der Waals surface area contributed by atoms with Crippen LogP contribution in [0.25, 0.3) is 0 Å². The van der Waals surface area contributed by atoms with Gasteiger partial charge in [0.15, 0.2) is 0 Å². The van der Waals surface area contributed by atoms with Crippen molar-refractivity contribution < 1.29 is 4.79 Å². The molecule has 0 aliphatic carbocycles. The van der Waals surface area contributed by atoms with Crippen molar-refractivity contribution in [2.75, 3.05) is 6.54 Å². The van der Waals surface area contributed by atoms with E-state index in [2.05, 4.69) is 27.2 Å². The van der Waals surface area contributed by atoms with E-state index in [0.29, 0.717) is 13.0 Å². The van der Waals surface area contributed by atoms with E-state index in [1.54, 1.807) is 18.5 Å². The second kappa shape index (κ2) is 10.1. The van der Waals surface area contributed by atoms with E-state index in [4.69, 9.17) is 0 Å². The molecule has 1 rings (SSSR count). The number of carbonyl (C=O) groups excluding carboxylic acids is 1. The lowest BCUT2D eigenvalue weighted by Crippen LogP contribution is -2.38. The van der Waals surface area contributed by atoms with Gasteiger partial charge in [0.2, 0.25) is 0 Å². The molecule has 1 atom stereocenters. The van der Waals surface area contributed by atoms with E-state index in [-0.39, 0.29) is 12.1 Å².